The van der Waals surface area contributed by atoms with Gasteiger partial charge in [0.05, 0.1) is 18.2 Å². The lowest BCUT2D eigenvalue weighted by Crippen LogP contribution is -2.10. The zero-order chi connectivity index (χ0) is 20.4. The number of carbonyl (C=O) groups is 2. The molecular formula is C24H18O5. The third-order valence-electron chi connectivity index (χ3n) is 4.63. The monoisotopic (exact) mass is 386 g/mol. The molecule has 0 saturated carbocycles. The third kappa shape index (κ3) is 3.75. The smallest absolute Gasteiger partial charge is 0.343 e. The first-order chi connectivity index (χ1) is 14.0. The lowest BCUT2D eigenvalue weighted by atomic mass is 10.1. The highest BCUT2D eigenvalue weighted by molar-refractivity contribution is 6.14. The second-order valence-corrected chi connectivity index (χ2v) is 6.58. The molecule has 1 heterocycles. The van der Waals surface area contributed by atoms with Crippen LogP contribution in [0.5, 0.6) is 17.2 Å². The van der Waals surface area contributed by atoms with E-state index < -0.39 is 5.97 Å². The highest BCUT2D eigenvalue weighted by Gasteiger charge is 2.28. The normalized spacial score (nSPS) is 13.7. The van der Waals surface area contributed by atoms with E-state index in [-0.39, 0.29) is 11.5 Å². The Morgan fingerprint density at radius 3 is 2.41 bits per heavy atom. The molecule has 5 nitrogen and oxygen atoms in total. The van der Waals surface area contributed by atoms with E-state index in [0.29, 0.717) is 22.6 Å². The maximum atomic E-state index is 12.6. The molecule has 1 aliphatic heterocycles. The van der Waals surface area contributed by atoms with Gasteiger partial charge in [-0.2, -0.15) is 0 Å². The Morgan fingerprint density at radius 2 is 1.69 bits per heavy atom. The molecule has 0 fully saturated rings. The van der Waals surface area contributed by atoms with Gasteiger partial charge in [-0.25, -0.2) is 4.79 Å². The topological polar surface area (TPSA) is 61.8 Å². The Balaban J connectivity index is 1.54. The summed E-state index contributed by atoms with van der Waals surface area (Å²) in [6.07, 6.45) is 1.67. The minimum atomic E-state index is -0.457. The summed E-state index contributed by atoms with van der Waals surface area (Å²) in [5.41, 5.74) is 2.56. The third-order valence-corrected chi connectivity index (χ3v) is 4.63. The highest BCUT2D eigenvalue weighted by Crippen LogP contribution is 2.35. The van der Waals surface area contributed by atoms with Crippen molar-refractivity contribution in [3.05, 3.63) is 94.7 Å². The molecule has 0 radical (unpaired) electrons. The van der Waals surface area contributed by atoms with Crippen LogP contribution in [0, 0.1) is 6.92 Å². The Kier molecular flexibility index (Phi) is 4.87. The van der Waals surface area contributed by atoms with Crippen LogP contribution in [0.3, 0.4) is 0 Å². The second kappa shape index (κ2) is 7.64. The predicted molar refractivity (Wildman–Crippen MR) is 109 cm³/mol. The van der Waals surface area contributed by atoms with Crippen LogP contribution >= 0.6 is 0 Å². The first-order valence-corrected chi connectivity index (χ1v) is 9.05. The Bertz CT molecular complexity index is 1130. The number of aryl methyl sites for hydroxylation is 1. The summed E-state index contributed by atoms with van der Waals surface area (Å²) in [7, 11) is 1.59. The molecule has 0 bridgehead atoms. The van der Waals surface area contributed by atoms with Gasteiger partial charge >= 0.3 is 5.97 Å². The molecule has 3 aromatic carbocycles. The van der Waals surface area contributed by atoms with Crippen molar-refractivity contribution in [2.45, 2.75) is 6.92 Å². The van der Waals surface area contributed by atoms with Gasteiger partial charge in [-0.3, -0.25) is 4.79 Å². The molecular weight excluding hydrogens is 368 g/mol. The Labute approximate surface area is 168 Å². The van der Waals surface area contributed by atoms with Crippen molar-refractivity contribution in [3.63, 3.8) is 0 Å². The van der Waals surface area contributed by atoms with Crippen molar-refractivity contribution < 1.29 is 23.8 Å². The van der Waals surface area contributed by atoms with E-state index in [1.54, 1.807) is 43.5 Å². The number of rotatable bonds is 4. The number of methoxy groups -OCH3 is 1. The maximum Gasteiger partial charge on any atom is 0.343 e. The summed E-state index contributed by atoms with van der Waals surface area (Å²) >= 11 is 0. The van der Waals surface area contributed by atoms with Crippen molar-refractivity contribution in [2.75, 3.05) is 7.11 Å². The van der Waals surface area contributed by atoms with E-state index in [1.807, 2.05) is 43.3 Å². The quantitative estimate of drug-likeness (QED) is 0.365. The van der Waals surface area contributed by atoms with Gasteiger partial charge in [0, 0.05) is 6.07 Å². The van der Waals surface area contributed by atoms with Crippen molar-refractivity contribution in [2.24, 2.45) is 0 Å². The van der Waals surface area contributed by atoms with Crippen LogP contribution in [0.4, 0.5) is 0 Å². The first kappa shape index (κ1) is 18.5. The fourth-order valence-corrected chi connectivity index (χ4v) is 3.05. The van der Waals surface area contributed by atoms with Gasteiger partial charge in [-0.05, 0) is 54.5 Å². The summed E-state index contributed by atoms with van der Waals surface area (Å²) in [4.78, 5) is 25.0. The van der Waals surface area contributed by atoms with Gasteiger partial charge in [0.15, 0.2) is 5.76 Å². The number of esters is 1. The van der Waals surface area contributed by atoms with E-state index in [0.717, 1.165) is 16.9 Å². The lowest BCUT2D eigenvalue weighted by Gasteiger charge is -2.07. The molecule has 1 aliphatic rings. The van der Waals surface area contributed by atoms with E-state index in [4.69, 9.17) is 14.2 Å². The van der Waals surface area contributed by atoms with Crippen molar-refractivity contribution in [1.29, 1.82) is 0 Å². The molecule has 0 aromatic heterocycles. The summed E-state index contributed by atoms with van der Waals surface area (Å²) in [5.74, 6) is 0.955. The van der Waals surface area contributed by atoms with Crippen LogP contribution in [0.15, 0.2) is 72.5 Å². The fraction of sp³-hybridized carbons (Fsp3) is 0.0833. The molecule has 3 aromatic rings. The van der Waals surface area contributed by atoms with Crippen molar-refractivity contribution in [3.8, 4) is 17.2 Å². The van der Waals surface area contributed by atoms with Gasteiger partial charge in [-0.1, -0.05) is 30.3 Å². The number of carbonyl (C=O) groups excluding carboxylic acids is 2. The van der Waals surface area contributed by atoms with Gasteiger partial charge in [-0.15, -0.1) is 0 Å². The molecule has 0 spiro atoms. The van der Waals surface area contributed by atoms with Gasteiger partial charge in [0.25, 0.3) is 0 Å². The SMILES string of the molecule is COc1ccc(C=C2Oc3cc(OC(=O)c4ccccc4C)ccc3C2=O)cc1. The fourth-order valence-electron chi connectivity index (χ4n) is 3.05. The average Bonchev–Trinajstić information content (AvgIpc) is 3.03. The summed E-state index contributed by atoms with van der Waals surface area (Å²) < 4.78 is 16.3. The largest absolute Gasteiger partial charge is 0.497 e. The van der Waals surface area contributed by atoms with Crippen LogP contribution in [-0.4, -0.2) is 18.9 Å². The molecule has 0 unspecified atom stereocenters. The summed E-state index contributed by atoms with van der Waals surface area (Å²) in [6.45, 7) is 1.84. The molecule has 0 N–H and O–H groups in total. The number of Topliss-reactive ketones (excluding diaryl/α,β-unsaturated/α-hetero) is 1. The molecule has 144 valence electrons. The molecule has 0 atom stereocenters. The second-order valence-electron chi connectivity index (χ2n) is 6.58. The van der Waals surface area contributed by atoms with Crippen LogP contribution in [0.2, 0.25) is 0 Å². The summed E-state index contributed by atoms with van der Waals surface area (Å²) in [5, 5.41) is 0. The van der Waals surface area contributed by atoms with E-state index in [1.165, 1.54) is 0 Å². The van der Waals surface area contributed by atoms with Gasteiger partial charge < -0.3 is 14.2 Å². The average molecular weight is 386 g/mol. The van der Waals surface area contributed by atoms with Crippen LogP contribution in [-0.2, 0) is 0 Å². The number of hydrogen-bond donors (Lipinski definition) is 0. The number of ketones is 1. The zero-order valence-corrected chi connectivity index (χ0v) is 16.0. The molecule has 5 heteroatoms. The molecule has 0 amide bonds. The lowest BCUT2D eigenvalue weighted by molar-refractivity contribution is 0.0733. The van der Waals surface area contributed by atoms with Crippen LogP contribution in [0.1, 0.15) is 31.8 Å². The van der Waals surface area contributed by atoms with E-state index in [9.17, 15) is 9.59 Å². The number of ether oxygens (including phenoxy) is 3. The van der Waals surface area contributed by atoms with Crippen molar-refractivity contribution >= 4 is 17.8 Å². The van der Waals surface area contributed by atoms with Crippen molar-refractivity contribution in [1.82, 2.24) is 0 Å². The van der Waals surface area contributed by atoms with E-state index >= 15 is 0 Å². The number of hydrogen-bond acceptors (Lipinski definition) is 5. The molecule has 29 heavy (non-hydrogen) atoms. The van der Waals surface area contributed by atoms with Crippen LogP contribution < -0.4 is 14.2 Å². The molecule has 4 rings (SSSR count). The Hall–Kier alpha value is -3.86. The maximum absolute atomic E-state index is 12.6. The number of fused-ring (bicyclic) bond motifs is 1. The first-order valence-electron chi connectivity index (χ1n) is 9.05. The minimum Gasteiger partial charge on any atom is -0.497 e. The predicted octanol–water partition coefficient (Wildman–Crippen LogP) is 4.84. The molecule has 0 aliphatic carbocycles. The van der Waals surface area contributed by atoms with Gasteiger partial charge in [0.2, 0.25) is 5.78 Å². The van der Waals surface area contributed by atoms with E-state index in [2.05, 4.69) is 0 Å². The standard InChI is InChI=1S/C24H18O5/c1-15-5-3-4-6-19(15)24(26)28-18-11-12-20-21(14-18)29-22(23(20)25)13-16-7-9-17(27-2)10-8-16/h3-14H,1-2H3. The van der Waals surface area contributed by atoms with Crippen LogP contribution in [0.25, 0.3) is 6.08 Å². The molecule has 0 saturated heterocycles. The zero-order valence-electron chi connectivity index (χ0n) is 16.0. The van der Waals surface area contributed by atoms with Gasteiger partial charge in [0.1, 0.15) is 17.2 Å². The minimum absolute atomic E-state index is 0.215. The number of allylic oxidation sites excluding steroid dienone is 1. The summed E-state index contributed by atoms with van der Waals surface area (Å²) in [6, 6.07) is 19.2. The highest BCUT2D eigenvalue weighted by atomic mass is 16.5. The Morgan fingerprint density at radius 1 is 0.966 bits per heavy atom. The number of benzene rings is 3.